The van der Waals surface area contributed by atoms with Gasteiger partial charge in [-0.05, 0) is 6.07 Å². The minimum atomic E-state index is -0.503. The highest BCUT2D eigenvalue weighted by molar-refractivity contribution is 5.86. The van der Waals surface area contributed by atoms with Crippen molar-refractivity contribution in [2.75, 3.05) is 0 Å². The second-order valence-electron chi connectivity index (χ2n) is 4.10. The summed E-state index contributed by atoms with van der Waals surface area (Å²) in [7, 11) is 0. The second kappa shape index (κ2) is 3.65. The topological polar surface area (TPSA) is 26.3 Å². The first-order chi connectivity index (χ1) is 7.09. The van der Waals surface area contributed by atoms with Gasteiger partial charge in [0.1, 0.15) is 0 Å². The third-order valence-corrected chi connectivity index (χ3v) is 2.60. The van der Waals surface area contributed by atoms with Gasteiger partial charge in [0, 0.05) is 17.9 Å². The van der Waals surface area contributed by atoms with Gasteiger partial charge in [-0.25, -0.2) is 4.39 Å². The standard InChI is InChI=1S/C12H13FO2/c1-7(2)11(14)10-6-8-4-3-5-9(13)12(8)15-10/h3-5,7,10H,6H2,1-2H3. The largest absolute Gasteiger partial charge is 0.479 e. The molecule has 2 nitrogen and oxygen atoms in total. The molecule has 0 radical (unpaired) electrons. The number of carbonyl (C=O) groups is 1. The summed E-state index contributed by atoms with van der Waals surface area (Å²) >= 11 is 0. The fourth-order valence-electron chi connectivity index (χ4n) is 1.76. The van der Waals surface area contributed by atoms with Crippen LogP contribution in [0, 0.1) is 11.7 Å². The minimum Gasteiger partial charge on any atom is -0.479 e. The molecule has 0 amide bonds. The van der Waals surface area contributed by atoms with Gasteiger partial charge in [0.25, 0.3) is 0 Å². The van der Waals surface area contributed by atoms with E-state index < -0.39 is 6.10 Å². The van der Waals surface area contributed by atoms with Crippen LogP contribution in [-0.2, 0) is 11.2 Å². The molecule has 15 heavy (non-hydrogen) atoms. The van der Waals surface area contributed by atoms with Crippen LogP contribution in [0.15, 0.2) is 18.2 Å². The molecule has 3 heteroatoms. The van der Waals surface area contributed by atoms with E-state index in [1.165, 1.54) is 6.07 Å². The van der Waals surface area contributed by atoms with Crippen LogP contribution >= 0.6 is 0 Å². The van der Waals surface area contributed by atoms with Gasteiger partial charge in [-0.3, -0.25) is 4.79 Å². The zero-order valence-electron chi connectivity index (χ0n) is 8.79. The average Bonchev–Trinajstić information content (AvgIpc) is 2.61. The molecule has 1 aromatic carbocycles. The second-order valence-corrected chi connectivity index (χ2v) is 4.10. The SMILES string of the molecule is CC(C)C(=O)C1Cc2cccc(F)c2O1. The smallest absolute Gasteiger partial charge is 0.176 e. The zero-order chi connectivity index (χ0) is 11.0. The molecule has 0 fully saturated rings. The van der Waals surface area contributed by atoms with Gasteiger partial charge < -0.3 is 4.74 Å². The normalized spacial score (nSPS) is 18.8. The maximum Gasteiger partial charge on any atom is 0.176 e. The van der Waals surface area contributed by atoms with E-state index in [4.69, 9.17) is 4.74 Å². The molecule has 0 spiro atoms. The molecule has 1 aliphatic heterocycles. The van der Waals surface area contributed by atoms with E-state index in [2.05, 4.69) is 0 Å². The predicted molar refractivity (Wildman–Crippen MR) is 54.4 cm³/mol. The Bertz CT molecular complexity index is 399. The summed E-state index contributed by atoms with van der Waals surface area (Å²) in [6.07, 6.45) is -0.0127. The lowest BCUT2D eigenvalue weighted by molar-refractivity contribution is -0.128. The van der Waals surface area contributed by atoms with E-state index in [1.54, 1.807) is 12.1 Å². The summed E-state index contributed by atoms with van der Waals surface area (Å²) in [6, 6.07) is 4.78. The van der Waals surface area contributed by atoms with Crippen molar-refractivity contribution >= 4 is 5.78 Å². The molecule has 1 heterocycles. The van der Waals surface area contributed by atoms with Crippen LogP contribution in [0.4, 0.5) is 4.39 Å². The maximum absolute atomic E-state index is 13.3. The Morgan fingerprint density at radius 1 is 1.53 bits per heavy atom. The third kappa shape index (κ3) is 1.74. The fourth-order valence-corrected chi connectivity index (χ4v) is 1.76. The quantitative estimate of drug-likeness (QED) is 0.745. The van der Waals surface area contributed by atoms with Crippen LogP contribution in [-0.4, -0.2) is 11.9 Å². The van der Waals surface area contributed by atoms with Crippen molar-refractivity contribution in [3.8, 4) is 5.75 Å². The van der Waals surface area contributed by atoms with E-state index in [0.717, 1.165) is 5.56 Å². The lowest BCUT2D eigenvalue weighted by atomic mass is 10.00. The van der Waals surface area contributed by atoms with Gasteiger partial charge in [0.05, 0.1) is 0 Å². The molecule has 1 atom stereocenters. The summed E-state index contributed by atoms with van der Waals surface area (Å²) < 4.78 is 18.6. The first kappa shape index (κ1) is 10.1. The molecule has 0 aromatic heterocycles. The minimum absolute atomic E-state index is 0.0330. The van der Waals surface area contributed by atoms with Gasteiger partial charge in [0.2, 0.25) is 0 Å². The molecule has 0 N–H and O–H groups in total. The van der Waals surface area contributed by atoms with Gasteiger partial charge in [0.15, 0.2) is 23.5 Å². The molecule has 2 rings (SSSR count). The molecule has 1 aromatic rings. The molecule has 0 bridgehead atoms. The summed E-state index contributed by atoms with van der Waals surface area (Å²) in [5, 5.41) is 0. The molecule has 0 saturated carbocycles. The van der Waals surface area contributed by atoms with Crippen molar-refractivity contribution in [1.29, 1.82) is 0 Å². The van der Waals surface area contributed by atoms with Crippen LogP contribution in [0.25, 0.3) is 0 Å². The molecule has 0 aliphatic carbocycles. The van der Waals surface area contributed by atoms with Gasteiger partial charge >= 0.3 is 0 Å². The van der Waals surface area contributed by atoms with Gasteiger partial charge in [-0.15, -0.1) is 0 Å². The Kier molecular flexibility index (Phi) is 2.47. The molecular weight excluding hydrogens is 195 g/mol. The Balaban J connectivity index is 2.23. The number of benzene rings is 1. The maximum atomic E-state index is 13.3. The molecule has 0 saturated heterocycles. The van der Waals surface area contributed by atoms with Crippen LogP contribution in [0.3, 0.4) is 0 Å². The number of para-hydroxylation sites is 1. The first-order valence-electron chi connectivity index (χ1n) is 5.07. The van der Waals surface area contributed by atoms with Crippen LogP contribution in [0.2, 0.25) is 0 Å². The third-order valence-electron chi connectivity index (χ3n) is 2.60. The van der Waals surface area contributed by atoms with Crippen molar-refractivity contribution in [1.82, 2.24) is 0 Å². The number of hydrogen-bond donors (Lipinski definition) is 0. The van der Waals surface area contributed by atoms with Crippen molar-refractivity contribution in [3.05, 3.63) is 29.6 Å². The summed E-state index contributed by atoms with van der Waals surface area (Å²) in [6.45, 7) is 3.65. The van der Waals surface area contributed by atoms with Crippen molar-refractivity contribution in [2.24, 2.45) is 5.92 Å². The van der Waals surface area contributed by atoms with E-state index in [-0.39, 0.29) is 23.3 Å². The average molecular weight is 208 g/mol. The lowest BCUT2D eigenvalue weighted by Gasteiger charge is -2.11. The Morgan fingerprint density at radius 2 is 2.27 bits per heavy atom. The molecule has 80 valence electrons. The number of ether oxygens (including phenoxy) is 1. The number of Topliss-reactive ketones (excluding diaryl/α,β-unsaturated/α-hetero) is 1. The number of hydrogen-bond acceptors (Lipinski definition) is 2. The van der Waals surface area contributed by atoms with Crippen LogP contribution in [0.1, 0.15) is 19.4 Å². The van der Waals surface area contributed by atoms with Crippen molar-refractivity contribution in [3.63, 3.8) is 0 Å². The van der Waals surface area contributed by atoms with E-state index >= 15 is 0 Å². The predicted octanol–water partition coefficient (Wildman–Crippen LogP) is 2.35. The van der Waals surface area contributed by atoms with Crippen molar-refractivity contribution < 1.29 is 13.9 Å². The lowest BCUT2D eigenvalue weighted by Crippen LogP contribution is -2.29. The number of ketones is 1. The van der Waals surface area contributed by atoms with Crippen LogP contribution < -0.4 is 4.74 Å². The number of rotatable bonds is 2. The highest BCUT2D eigenvalue weighted by atomic mass is 19.1. The van der Waals surface area contributed by atoms with Gasteiger partial charge in [-0.1, -0.05) is 26.0 Å². The first-order valence-corrected chi connectivity index (χ1v) is 5.07. The van der Waals surface area contributed by atoms with Crippen LogP contribution in [0.5, 0.6) is 5.75 Å². The Hall–Kier alpha value is -1.38. The molecular formula is C12H13FO2. The summed E-state index contributed by atoms with van der Waals surface area (Å²) in [5.41, 5.74) is 0.786. The van der Waals surface area contributed by atoms with E-state index in [0.29, 0.717) is 6.42 Å². The number of carbonyl (C=O) groups excluding carboxylic acids is 1. The zero-order valence-corrected chi connectivity index (χ0v) is 8.79. The highest BCUT2D eigenvalue weighted by Crippen LogP contribution is 2.32. The summed E-state index contributed by atoms with van der Waals surface area (Å²) in [4.78, 5) is 11.7. The monoisotopic (exact) mass is 208 g/mol. The summed E-state index contributed by atoms with van der Waals surface area (Å²) in [5.74, 6) is -0.180. The van der Waals surface area contributed by atoms with E-state index in [1.807, 2.05) is 13.8 Å². The number of fused-ring (bicyclic) bond motifs is 1. The Morgan fingerprint density at radius 3 is 2.87 bits per heavy atom. The number of halogens is 1. The molecule has 1 unspecified atom stereocenters. The van der Waals surface area contributed by atoms with Crippen molar-refractivity contribution in [2.45, 2.75) is 26.4 Å². The van der Waals surface area contributed by atoms with Gasteiger partial charge in [-0.2, -0.15) is 0 Å². The van der Waals surface area contributed by atoms with E-state index in [9.17, 15) is 9.18 Å². The highest BCUT2D eigenvalue weighted by Gasteiger charge is 2.31. The molecule has 1 aliphatic rings. The fraction of sp³-hybridized carbons (Fsp3) is 0.417. The Labute approximate surface area is 88.1 Å².